The first-order chi connectivity index (χ1) is 4.00. The molecule has 0 aliphatic rings. The van der Waals surface area contributed by atoms with Gasteiger partial charge in [0.25, 0.3) is 0 Å². The summed E-state index contributed by atoms with van der Waals surface area (Å²) in [6.45, 7) is 1.39. The molecule has 3 N–H and O–H groups in total. The van der Waals surface area contributed by atoms with Crippen molar-refractivity contribution in [3.8, 4) is 0 Å². The zero-order valence-electron chi connectivity index (χ0n) is 5.94. The van der Waals surface area contributed by atoms with Crippen LogP contribution in [0.25, 0.3) is 0 Å². The van der Waals surface area contributed by atoms with E-state index in [1.807, 2.05) is 0 Å². The van der Waals surface area contributed by atoms with Gasteiger partial charge in [0.05, 0.1) is 12.7 Å². The van der Waals surface area contributed by atoms with Gasteiger partial charge in [0.1, 0.15) is 0 Å². The second-order valence-corrected chi connectivity index (χ2v) is 1.30. The summed E-state index contributed by atoms with van der Waals surface area (Å²) >= 11 is 0. The summed E-state index contributed by atoms with van der Waals surface area (Å²) in [6.07, 6.45) is -2.64. The summed E-state index contributed by atoms with van der Waals surface area (Å²) < 4.78 is 0. The van der Waals surface area contributed by atoms with Crippen LogP contribution in [0.1, 0.15) is 6.92 Å². The van der Waals surface area contributed by atoms with Crippen LogP contribution in [-0.2, 0) is 0 Å². The number of aliphatic hydroxyl groups is 2. The van der Waals surface area contributed by atoms with E-state index in [2.05, 4.69) is 0 Å². The standard InChI is InChI=1S/C3H8O2.CH2O3.Na/c1-3(5)2-4;2-1(3)4;/h3-5H,2H2,1H3;(H2,2,3,4);/q;;+1/p-1. The molecule has 0 saturated carbocycles. The van der Waals surface area contributed by atoms with Crippen LogP contribution in [0.5, 0.6) is 0 Å². The Bertz CT molecular complexity index is 70.0. The fourth-order valence-corrected chi connectivity index (χ4v) is 0. The van der Waals surface area contributed by atoms with Crippen molar-refractivity contribution in [2.75, 3.05) is 6.61 Å². The van der Waals surface area contributed by atoms with E-state index in [4.69, 9.17) is 25.2 Å². The number of rotatable bonds is 1. The Kier molecular flexibility index (Phi) is 19.9. The van der Waals surface area contributed by atoms with Gasteiger partial charge in [-0.2, -0.15) is 0 Å². The molecule has 10 heavy (non-hydrogen) atoms. The van der Waals surface area contributed by atoms with E-state index in [0.29, 0.717) is 0 Å². The van der Waals surface area contributed by atoms with E-state index in [1.54, 1.807) is 0 Å². The second-order valence-electron chi connectivity index (χ2n) is 1.30. The van der Waals surface area contributed by atoms with E-state index in [1.165, 1.54) is 6.92 Å². The summed E-state index contributed by atoms with van der Waals surface area (Å²) in [7, 11) is 0. The Labute approximate surface area is 80.6 Å². The maximum atomic E-state index is 8.44. The second kappa shape index (κ2) is 11.9. The normalized spacial score (nSPS) is 9.90. The van der Waals surface area contributed by atoms with E-state index in [0.717, 1.165) is 0 Å². The summed E-state index contributed by atoms with van der Waals surface area (Å²) in [4.78, 5) is 8.44. The molecule has 5 nitrogen and oxygen atoms in total. The fourth-order valence-electron chi connectivity index (χ4n) is 0. The monoisotopic (exact) mass is 160 g/mol. The maximum absolute atomic E-state index is 8.44. The van der Waals surface area contributed by atoms with Gasteiger partial charge in [0, 0.05) is 0 Å². The van der Waals surface area contributed by atoms with E-state index in [9.17, 15) is 0 Å². The van der Waals surface area contributed by atoms with Crippen LogP contribution >= 0.6 is 0 Å². The quantitative estimate of drug-likeness (QED) is 0.334. The van der Waals surface area contributed by atoms with E-state index in [-0.39, 0.29) is 36.2 Å². The van der Waals surface area contributed by atoms with Gasteiger partial charge in [-0.3, -0.25) is 0 Å². The number of hydrogen-bond acceptors (Lipinski definition) is 4. The fraction of sp³-hybridized carbons (Fsp3) is 0.750. The van der Waals surface area contributed by atoms with Gasteiger partial charge in [0.15, 0.2) is 0 Å². The molecular formula is C4H9NaO5. The predicted octanol–water partition coefficient (Wildman–Crippen LogP) is -4.75. The average molecular weight is 160 g/mol. The summed E-state index contributed by atoms with van der Waals surface area (Å²) in [5.74, 6) is 0. The largest absolute Gasteiger partial charge is 1.00 e. The molecule has 0 rings (SSSR count). The molecule has 0 aliphatic heterocycles. The number of carboxylic acid groups (broad SMARTS) is 2. The molecular weight excluding hydrogens is 151 g/mol. The molecule has 0 aromatic rings. The minimum Gasteiger partial charge on any atom is -0.565 e. The van der Waals surface area contributed by atoms with Crippen molar-refractivity contribution in [2.24, 2.45) is 0 Å². The van der Waals surface area contributed by atoms with Gasteiger partial charge in [-0.1, -0.05) is 0 Å². The number of carbonyl (C=O) groups is 1. The van der Waals surface area contributed by atoms with Crippen molar-refractivity contribution in [1.29, 1.82) is 0 Å². The molecule has 56 valence electrons. The first-order valence-electron chi connectivity index (χ1n) is 2.19. The third-order valence-electron chi connectivity index (χ3n) is 0.264. The van der Waals surface area contributed by atoms with Gasteiger partial charge in [-0.15, -0.1) is 0 Å². The molecule has 0 saturated heterocycles. The Morgan fingerprint density at radius 3 is 1.80 bits per heavy atom. The smallest absolute Gasteiger partial charge is 0.565 e. The Hall–Kier alpha value is 0.190. The van der Waals surface area contributed by atoms with Crippen LogP contribution < -0.4 is 34.7 Å². The molecule has 0 radical (unpaired) electrons. The van der Waals surface area contributed by atoms with Crippen molar-refractivity contribution < 1.29 is 54.8 Å². The topological polar surface area (TPSA) is 101 Å². The Morgan fingerprint density at radius 2 is 1.80 bits per heavy atom. The Balaban J connectivity index is -0.0000000910. The molecule has 1 unspecified atom stereocenters. The van der Waals surface area contributed by atoms with Gasteiger partial charge < -0.3 is 25.2 Å². The third kappa shape index (κ3) is 88.3. The minimum atomic E-state index is -2.08. The zero-order chi connectivity index (χ0) is 7.86. The summed E-state index contributed by atoms with van der Waals surface area (Å²) in [5.41, 5.74) is 0. The molecule has 0 aromatic carbocycles. The molecule has 0 fully saturated rings. The zero-order valence-corrected chi connectivity index (χ0v) is 7.94. The third-order valence-corrected chi connectivity index (χ3v) is 0.264. The van der Waals surface area contributed by atoms with Gasteiger partial charge in [0.2, 0.25) is 6.16 Å². The van der Waals surface area contributed by atoms with Crippen LogP contribution in [0.4, 0.5) is 4.79 Å². The maximum Gasteiger partial charge on any atom is 1.00 e. The molecule has 0 heterocycles. The predicted molar refractivity (Wildman–Crippen MR) is 26.8 cm³/mol. The SMILES string of the molecule is CC(O)CO.O=C([O-])O.[Na+]. The average Bonchev–Trinajstić information content (AvgIpc) is 1.65. The molecule has 0 aromatic heterocycles. The van der Waals surface area contributed by atoms with Gasteiger partial charge >= 0.3 is 29.6 Å². The molecule has 0 aliphatic carbocycles. The van der Waals surface area contributed by atoms with Crippen molar-refractivity contribution >= 4 is 6.16 Å². The Morgan fingerprint density at radius 1 is 1.70 bits per heavy atom. The van der Waals surface area contributed by atoms with Crippen molar-refractivity contribution in [3.05, 3.63) is 0 Å². The first-order valence-corrected chi connectivity index (χ1v) is 2.19. The van der Waals surface area contributed by atoms with Crippen molar-refractivity contribution in [1.82, 2.24) is 0 Å². The van der Waals surface area contributed by atoms with Crippen LogP contribution in [0, 0.1) is 0 Å². The van der Waals surface area contributed by atoms with Crippen molar-refractivity contribution in [3.63, 3.8) is 0 Å². The van der Waals surface area contributed by atoms with Gasteiger partial charge in [-0.05, 0) is 6.92 Å². The summed E-state index contributed by atoms with van der Waals surface area (Å²) in [6, 6.07) is 0. The van der Waals surface area contributed by atoms with Crippen LogP contribution in [0.2, 0.25) is 0 Å². The van der Waals surface area contributed by atoms with Crippen LogP contribution in [-0.4, -0.2) is 34.2 Å². The summed E-state index contributed by atoms with van der Waals surface area (Å²) in [5, 5.41) is 31.3. The van der Waals surface area contributed by atoms with Gasteiger partial charge in [-0.25, -0.2) is 0 Å². The van der Waals surface area contributed by atoms with Crippen LogP contribution in [0.15, 0.2) is 0 Å². The number of hydrogen-bond donors (Lipinski definition) is 3. The molecule has 1 atom stereocenters. The molecule has 0 amide bonds. The van der Waals surface area contributed by atoms with E-state index < -0.39 is 12.3 Å². The molecule has 0 spiro atoms. The van der Waals surface area contributed by atoms with Crippen molar-refractivity contribution in [2.45, 2.75) is 13.0 Å². The van der Waals surface area contributed by atoms with Crippen LogP contribution in [0.3, 0.4) is 0 Å². The van der Waals surface area contributed by atoms with E-state index >= 15 is 0 Å². The first kappa shape index (κ1) is 16.6. The minimum absolute atomic E-state index is 0. The number of aliphatic hydroxyl groups excluding tert-OH is 2. The molecule has 6 heteroatoms. The molecule has 0 bridgehead atoms.